The highest BCUT2D eigenvalue weighted by Crippen LogP contribution is 2.42. The standard InChI is InChI=1S/C16H22O5S/c1-20-16(17)14-10-6-9-13(12-7-4-3-5-8-12)15(14)11-21-22(2,18)19/h3-5,7-8,13-15H,6,9-11H2,1-2H3/t13?,14?,15-/m0/s1. The van der Waals surface area contributed by atoms with Gasteiger partial charge in [-0.15, -0.1) is 0 Å². The minimum absolute atomic E-state index is 0.0121. The molecule has 1 aliphatic rings. The molecule has 2 rings (SSSR count). The molecule has 1 aliphatic carbocycles. The van der Waals surface area contributed by atoms with Gasteiger partial charge in [-0.05, 0) is 24.3 Å². The Morgan fingerprint density at radius 2 is 1.91 bits per heavy atom. The van der Waals surface area contributed by atoms with Crippen molar-refractivity contribution in [2.24, 2.45) is 11.8 Å². The second kappa shape index (κ2) is 7.24. The Labute approximate surface area is 131 Å². The maximum atomic E-state index is 12.1. The van der Waals surface area contributed by atoms with Gasteiger partial charge < -0.3 is 4.74 Å². The SMILES string of the molecule is COC(=O)C1CCCC(c2ccccc2)[C@@H]1COS(C)(=O)=O. The molecule has 6 heteroatoms. The number of carbonyl (C=O) groups is 1. The summed E-state index contributed by atoms with van der Waals surface area (Å²) in [4.78, 5) is 12.1. The molecule has 0 aliphatic heterocycles. The summed E-state index contributed by atoms with van der Waals surface area (Å²) in [5.41, 5.74) is 1.11. The molecule has 1 saturated carbocycles. The van der Waals surface area contributed by atoms with Gasteiger partial charge in [-0.25, -0.2) is 0 Å². The van der Waals surface area contributed by atoms with Crippen LogP contribution in [0.5, 0.6) is 0 Å². The Kier molecular flexibility index (Phi) is 5.58. The summed E-state index contributed by atoms with van der Waals surface area (Å²) in [6.45, 7) is 0.0121. The van der Waals surface area contributed by atoms with E-state index >= 15 is 0 Å². The fraction of sp³-hybridized carbons (Fsp3) is 0.562. The predicted octanol–water partition coefficient (Wildman–Crippen LogP) is 2.34. The van der Waals surface area contributed by atoms with Crippen LogP contribution in [0.15, 0.2) is 30.3 Å². The molecule has 0 radical (unpaired) electrons. The molecule has 2 unspecified atom stereocenters. The van der Waals surface area contributed by atoms with Crippen molar-refractivity contribution in [1.82, 2.24) is 0 Å². The largest absolute Gasteiger partial charge is 0.469 e. The highest BCUT2D eigenvalue weighted by molar-refractivity contribution is 7.85. The highest BCUT2D eigenvalue weighted by Gasteiger charge is 2.39. The number of rotatable bonds is 5. The summed E-state index contributed by atoms with van der Waals surface area (Å²) >= 11 is 0. The summed E-state index contributed by atoms with van der Waals surface area (Å²) in [6, 6.07) is 9.86. The van der Waals surface area contributed by atoms with Crippen molar-refractivity contribution in [3.05, 3.63) is 35.9 Å². The third-order valence-electron chi connectivity index (χ3n) is 4.27. The number of carbonyl (C=O) groups excluding carboxylic acids is 1. The van der Waals surface area contributed by atoms with E-state index in [1.54, 1.807) is 0 Å². The van der Waals surface area contributed by atoms with Gasteiger partial charge in [0.25, 0.3) is 10.1 Å². The van der Waals surface area contributed by atoms with E-state index in [2.05, 4.69) is 0 Å². The number of esters is 1. The number of ether oxygens (including phenoxy) is 1. The molecule has 1 aromatic rings. The lowest BCUT2D eigenvalue weighted by Crippen LogP contribution is -2.36. The minimum Gasteiger partial charge on any atom is -0.469 e. The predicted molar refractivity (Wildman–Crippen MR) is 82.8 cm³/mol. The van der Waals surface area contributed by atoms with E-state index in [1.807, 2.05) is 30.3 Å². The molecule has 5 nitrogen and oxygen atoms in total. The van der Waals surface area contributed by atoms with Gasteiger partial charge in [-0.2, -0.15) is 8.42 Å². The average Bonchev–Trinajstić information content (AvgIpc) is 2.52. The molecule has 1 fully saturated rings. The van der Waals surface area contributed by atoms with Crippen molar-refractivity contribution in [3.63, 3.8) is 0 Å². The molecule has 3 atom stereocenters. The van der Waals surface area contributed by atoms with Crippen LogP contribution in [0.1, 0.15) is 30.7 Å². The lowest BCUT2D eigenvalue weighted by Gasteiger charge is -2.36. The normalized spacial score (nSPS) is 25.6. The van der Waals surface area contributed by atoms with Gasteiger partial charge in [0.15, 0.2) is 0 Å². The lowest BCUT2D eigenvalue weighted by molar-refractivity contribution is -0.149. The average molecular weight is 326 g/mol. The molecule has 0 spiro atoms. The van der Waals surface area contributed by atoms with E-state index in [-0.39, 0.29) is 30.3 Å². The van der Waals surface area contributed by atoms with Crippen molar-refractivity contribution < 1.29 is 22.1 Å². The molecule has 0 heterocycles. The smallest absolute Gasteiger partial charge is 0.309 e. The van der Waals surface area contributed by atoms with Crippen LogP contribution in [0.4, 0.5) is 0 Å². The Balaban J connectivity index is 2.26. The van der Waals surface area contributed by atoms with E-state index in [4.69, 9.17) is 8.92 Å². The minimum atomic E-state index is -3.54. The molecule has 0 bridgehead atoms. The van der Waals surface area contributed by atoms with Crippen molar-refractivity contribution in [2.45, 2.75) is 25.2 Å². The van der Waals surface area contributed by atoms with Crippen LogP contribution in [-0.4, -0.2) is 34.4 Å². The maximum absolute atomic E-state index is 12.1. The third kappa shape index (κ3) is 4.30. The molecule has 122 valence electrons. The monoisotopic (exact) mass is 326 g/mol. The first kappa shape index (κ1) is 17.0. The van der Waals surface area contributed by atoms with Gasteiger partial charge in [0.2, 0.25) is 0 Å². The van der Waals surface area contributed by atoms with E-state index < -0.39 is 10.1 Å². The van der Waals surface area contributed by atoms with Crippen molar-refractivity contribution in [1.29, 1.82) is 0 Å². The van der Waals surface area contributed by atoms with Crippen molar-refractivity contribution in [2.75, 3.05) is 20.0 Å². The number of benzene rings is 1. The lowest BCUT2D eigenvalue weighted by atomic mass is 9.69. The number of methoxy groups -OCH3 is 1. The molecular weight excluding hydrogens is 304 g/mol. The fourth-order valence-electron chi connectivity index (χ4n) is 3.26. The zero-order valence-electron chi connectivity index (χ0n) is 12.9. The van der Waals surface area contributed by atoms with Gasteiger partial charge >= 0.3 is 5.97 Å². The second-order valence-electron chi connectivity index (χ2n) is 5.73. The second-order valence-corrected chi connectivity index (χ2v) is 7.37. The molecule has 0 N–H and O–H groups in total. The van der Waals surface area contributed by atoms with Crippen LogP contribution in [-0.2, 0) is 23.8 Å². The Morgan fingerprint density at radius 1 is 1.23 bits per heavy atom. The summed E-state index contributed by atoms with van der Waals surface area (Å²) in [6.07, 6.45) is 3.55. The molecule has 22 heavy (non-hydrogen) atoms. The first-order valence-electron chi connectivity index (χ1n) is 7.39. The van der Waals surface area contributed by atoms with E-state index in [9.17, 15) is 13.2 Å². The summed E-state index contributed by atoms with van der Waals surface area (Å²) < 4.78 is 32.6. The molecule has 0 amide bonds. The number of hydrogen-bond acceptors (Lipinski definition) is 5. The Morgan fingerprint density at radius 3 is 2.50 bits per heavy atom. The summed E-state index contributed by atoms with van der Waals surface area (Å²) in [5, 5.41) is 0. The van der Waals surface area contributed by atoms with Crippen molar-refractivity contribution in [3.8, 4) is 0 Å². The third-order valence-corrected chi connectivity index (χ3v) is 4.83. The van der Waals surface area contributed by atoms with Crippen LogP contribution < -0.4 is 0 Å². The first-order valence-corrected chi connectivity index (χ1v) is 9.21. The molecule has 0 saturated heterocycles. The van der Waals surface area contributed by atoms with Crippen molar-refractivity contribution >= 4 is 16.1 Å². The van der Waals surface area contributed by atoms with Gasteiger partial charge in [-0.1, -0.05) is 36.8 Å². The first-order chi connectivity index (χ1) is 10.4. The van der Waals surface area contributed by atoms with Gasteiger partial charge in [0.05, 0.1) is 25.9 Å². The zero-order chi connectivity index (χ0) is 16.2. The Hall–Kier alpha value is -1.40. The quantitative estimate of drug-likeness (QED) is 0.613. The van der Waals surface area contributed by atoms with Crippen LogP contribution >= 0.6 is 0 Å². The van der Waals surface area contributed by atoms with Gasteiger partial charge in [0, 0.05) is 5.92 Å². The molecule has 1 aromatic carbocycles. The van der Waals surface area contributed by atoms with Gasteiger partial charge in [-0.3, -0.25) is 8.98 Å². The van der Waals surface area contributed by atoms with Crippen LogP contribution in [0, 0.1) is 11.8 Å². The fourth-order valence-corrected chi connectivity index (χ4v) is 3.66. The highest BCUT2D eigenvalue weighted by atomic mass is 32.2. The summed E-state index contributed by atoms with van der Waals surface area (Å²) in [7, 11) is -2.17. The zero-order valence-corrected chi connectivity index (χ0v) is 13.7. The maximum Gasteiger partial charge on any atom is 0.309 e. The van der Waals surface area contributed by atoms with E-state index in [0.717, 1.165) is 24.7 Å². The van der Waals surface area contributed by atoms with Crippen LogP contribution in [0.25, 0.3) is 0 Å². The Bertz CT molecular complexity index is 596. The van der Waals surface area contributed by atoms with E-state index in [0.29, 0.717) is 6.42 Å². The summed E-state index contributed by atoms with van der Waals surface area (Å²) in [5.74, 6) is -0.715. The van der Waals surface area contributed by atoms with E-state index in [1.165, 1.54) is 7.11 Å². The number of hydrogen-bond donors (Lipinski definition) is 0. The van der Waals surface area contributed by atoms with Gasteiger partial charge in [0.1, 0.15) is 0 Å². The van der Waals surface area contributed by atoms with Crippen LogP contribution in [0.2, 0.25) is 0 Å². The topological polar surface area (TPSA) is 69.7 Å². The molecule has 0 aromatic heterocycles. The van der Waals surface area contributed by atoms with Crippen LogP contribution in [0.3, 0.4) is 0 Å². The molecular formula is C16H22O5S.